The number of imidazole rings is 1. The summed E-state index contributed by atoms with van der Waals surface area (Å²) in [5, 5.41) is 10.6. The zero-order chi connectivity index (χ0) is 20.1. The summed E-state index contributed by atoms with van der Waals surface area (Å²) >= 11 is 0. The molecule has 0 bridgehead atoms. The Morgan fingerprint density at radius 3 is 2.55 bits per heavy atom. The molecular weight excluding hydrogens is 368 g/mol. The van der Waals surface area contributed by atoms with Crippen LogP contribution in [-0.4, -0.2) is 60.1 Å². The maximum Gasteiger partial charge on any atom is 0.356 e. The van der Waals surface area contributed by atoms with E-state index in [4.69, 9.17) is 15.2 Å². The molecule has 3 aromatic rings. The minimum absolute atomic E-state index is 0.212. The number of nitrogens with zero attached hydrogens (tertiary/aromatic N) is 3. The second kappa shape index (κ2) is 9.26. The predicted molar refractivity (Wildman–Crippen MR) is 112 cm³/mol. The monoisotopic (exact) mass is 397 g/mol. The number of fused-ring (bicyclic) bond motifs is 1. The van der Waals surface area contributed by atoms with E-state index in [1.54, 1.807) is 0 Å². The summed E-state index contributed by atoms with van der Waals surface area (Å²) in [5.41, 5.74) is 8.62. The van der Waals surface area contributed by atoms with Crippen molar-refractivity contribution in [3.05, 3.63) is 54.6 Å². The Morgan fingerprint density at radius 2 is 1.76 bits per heavy atom. The lowest BCUT2D eigenvalue weighted by Crippen LogP contribution is -2.44. The molecule has 1 aliphatic rings. The fraction of sp³-hybridized carbons (Fsp3) is 0.409. The zero-order valence-corrected chi connectivity index (χ0v) is 16.6. The van der Waals surface area contributed by atoms with Crippen molar-refractivity contribution in [1.82, 2.24) is 9.47 Å². The highest BCUT2D eigenvalue weighted by atomic mass is 16.5. The van der Waals surface area contributed by atoms with Crippen molar-refractivity contribution in [2.45, 2.75) is 19.2 Å². The molecule has 0 radical (unpaired) electrons. The number of hydrogen-bond acceptors (Lipinski definition) is 5. The van der Waals surface area contributed by atoms with Crippen LogP contribution in [0.1, 0.15) is 0 Å². The zero-order valence-electron chi connectivity index (χ0n) is 16.6. The Bertz CT molecular complexity index is 922. The molecule has 1 fully saturated rings. The van der Waals surface area contributed by atoms with E-state index in [9.17, 15) is 5.11 Å². The summed E-state index contributed by atoms with van der Waals surface area (Å²) < 4.78 is 15.2. The smallest absolute Gasteiger partial charge is 0.356 e. The first kappa shape index (κ1) is 19.7. The molecule has 1 aliphatic heterocycles. The summed E-state index contributed by atoms with van der Waals surface area (Å²) in [5.74, 6) is 1.40. The van der Waals surface area contributed by atoms with Crippen LogP contribution in [-0.2, 0) is 17.8 Å². The molecule has 2 heterocycles. The van der Waals surface area contributed by atoms with Gasteiger partial charge < -0.3 is 14.6 Å². The van der Waals surface area contributed by atoms with Crippen LogP contribution in [0, 0.1) is 0 Å². The van der Waals surface area contributed by atoms with Gasteiger partial charge in [0.2, 0.25) is 0 Å². The van der Waals surface area contributed by atoms with Crippen LogP contribution in [0.2, 0.25) is 0 Å². The van der Waals surface area contributed by atoms with Crippen LogP contribution >= 0.6 is 0 Å². The van der Waals surface area contributed by atoms with E-state index < -0.39 is 6.10 Å². The second-order valence-electron chi connectivity index (χ2n) is 7.34. The molecule has 1 saturated heterocycles. The molecule has 0 amide bonds. The molecule has 154 valence electrons. The maximum absolute atomic E-state index is 10.6. The number of nitrogens with two attached hydrogens (primary N) is 1. The fourth-order valence-electron chi connectivity index (χ4n) is 3.78. The molecule has 7 heteroatoms. The van der Waals surface area contributed by atoms with Gasteiger partial charge in [0, 0.05) is 19.6 Å². The normalized spacial score (nSPS) is 16.2. The second-order valence-corrected chi connectivity index (χ2v) is 7.34. The highest BCUT2D eigenvalue weighted by Crippen LogP contribution is 2.17. The molecule has 3 N–H and O–H groups in total. The van der Waals surface area contributed by atoms with Crippen molar-refractivity contribution in [2.75, 3.05) is 45.2 Å². The minimum Gasteiger partial charge on any atom is -0.491 e. The molecular formula is C22H29N4O3+. The predicted octanol–water partition coefficient (Wildman–Crippen LogP) is 1.28. The van der Waals surface area contributed by atoms with Crippen molar-refractivity contribution in [3.63, 3.8) is 0 Å². The van der Waals surface area contributed by atoms with Gasteiger partial charge in [-0.15, -0.1) is 0 Å². The number of ether oxygens (including phenoxy) is 2. The molecule has 0 aliphatic carbocycles. The third-order valence-corrected chi connectivity index (χ3v) is 5.34. The summed E-state index contributed by atoms with van der Waals surface area (Å²) in [6.07, 6.45) is -0.666. The number of morpholine rings is 1. The first-order chi connectivity index (χ1) is 14.2. The topological polar surface area (TPSA) is 76.8 Å². The molecule has 1 aromatic heterocycles. The number of benzene rings is 2. The van der Waals surface area contributed by atoms with Crippen molar-refractivity contribution < 1.29 is 19.1 Å². The van der Waals surface area contributed by atoms with Gasteiger partial charge in [0.25, 0.3) is 0 Å². The van der Waals surface area contributed by atoms with E-state index in [1.165, 1.54) is 0 Å². The number of anilines is 1. The van der Waals surface area contributed by atoms with E-state index in [2.05, 4.69) is 15.5 Å². The standard InChI is InChI=1S/C22H28N4O3/c23-22-25(11-10-24-12-14-28-15-13-24)20-8-4-5-9-21(20)26(22)16-18(27)17-29-19-6-2-1-3-7-19/h1-9,18,23,27H,10-17H2/p+1/t18-/m1/s1. The van der Waals surface area contributed by atoms with Crippen LogP contribution in [0.15, 0.2) is 54.6 Å². The Hall–Kier alpha value is -2.61. The maximum atomic E-state index is 10.6. The van der Waals surface area contributed by atoms with Crippen LogP contribution in [0.3, 0.4) is 0 Å². The summed E-state index contributed by atoms with van der Waals surface area (Å²) in [7, 11) is 0. The lowest BCUT2D eigenvalue weighted by molar-refractivity contribution is -0.665. The van der Waals surface area contributed by atoms with Gasteiger partial charge in [-0.2, -0.15) is 0 Å². The largest absolute Gasteiger partial charge is 0.491 e. The molecule has 0 spiro atoms. The summed E-state index contributed by atoms with van der Waals surface area (Å²) in [4.78, 5) is 2.39. The van der Waals surface area contributed by atoms with Crippen LogP contribution < -0.4 is 15.0 Å². The number of aromatic nitrogens is 2. The van der Waals surface area contributed by atoms with Crippen LogP contribution in [0.5, 0.6) is 5.75 Å². The number of rotatable bonds is 8. The number of hydrogen-bond donors (Lipinski definition) is 2. The summed E-state index contributed by atoms with van der Waals surface area (Å²) in [6.45, 7) is 5.80. The Kier molecular flexibility index (Phi) is 6.29. The highest BCUT2D eigenvalue weighted by Gasteiger charge is 2.23. The first-order valence-corrected chi connectivity index (χ1v) is 10.1. The van der Waals surface area contributed by atoms with E-state index in [1.807, 2.05) is 53.1 Å². The number of para-hydroxylation sites is 3. The molecule has 29 heavy (non-hydrogen) atoms. The van der Waals surface area contributed by atoms with Crippen LogP contribution in [0.25, 0.3) is 11.0 Å². The van der Waals surface area contributed by atoms with Gasteiger partial charge in [0.15, 0.2) is 0 Å². The van der Waals surface area contributed by atoms with E-state index in [-0.39, 0.29) is 6.61 Å². The average Bonchev–Trinajstić information content (AvgIpc) is 3.03. The van der Waals surface area contributed by atoms with Crippen molar-refractivity contribution in [1.29, 1.82) is 0 Å². The van der Waals surface area contributed by atoms with Gasteiger partial charge in [0.1, 0.15) is 36.0 Å². The van der Waals surface area contributed by atoms with Gasteiger partial charge in [-0.05, 0) is 24.3 Å². The molecule has 1 atom stereocenters. The molecule has 0 saturated carbocycles. The van der Waals surface area contributed by atoms with E-state index in [0.717, 1.165) is 56.2 Å². The van der Waals surface area contributed by atoms with Crippen LogP contribution in [0.4, 0.5) is 5.95 Å². The minimum atomic E-state index is -0.666. The Labute approximate surface area is 170 Å². The molecule has 7 nitrogen and oxygen atoms in total. The van der Waals surface area contributed by atoms with Gasteiger partial charge in [-0.25, -0.2) is 9.13 Å². The Balaban J connectivity index is 1.47. The Morgan fingerprint density at radius 1 is 1.03 bits per heavy atom. The van der Waals surface area contributed by atoms with E-state index in [0.29, 0.717) is 12.5 Å². The lowest BCUT2D eigenvalue weighted by Gasteiger charge is -2.26. The third kappa shape index (κ3) is 4.70. The number of aliphatic hydroxyl groups is 1. The fourth-order valence-corrected chi connectivity index (χ4v) is 3.78. The SMILES string of the molecule is Nc1n(CCN2CCOCC2)c2ccccc2[n+]1C[C@@H](O)COc1ccccc1. The van der Waals surface area contributed by atoms with Gasteiger partial charge in [-0.3, -0.25) is 10.6 Å². The molecule has 2 aromatic carbocycles. The highest BCUT2D eigenvalue weighted by molar-refractivity contribution is 5.73. The van der Waals surface area contributed by atoms with Gasteiger partial charge in [0.05, 0.1) is 19.8 Å². The van der Waals surface area contributed by atoms with Gasteiger partial charge >= 0.3 is 5.95 Å². The van der Waals surface area contributed by atoms with E-state index >= 15 is 0 Å². The quantitative estimate of drug-likeness (QED) is 0.560. The first-order valence-electron chi connectivity index (χ1n) is 10.1. The molecule has 4 rings (SSSR count). The average molecular weight is 397 g/mol. The number of aliphatic hydroxyl groups excluding tert-OH is 1. The van der Waals surface area contributed by atoms with Crippen molar-refractivity contribution >= 4 is 17.0 Å². The van der Waals surface area contributed by atoms with Gasteiger partial charge in [-0.1, -0.05) is 30.3 Å². The lowest BCUT2D eigenvalue weighted by atomic mass is 10.3. The summed E-state index contributed by atoms with van der Waals surface area (Å²) in [6, 6.07) is 17.7. The number of nitrogen functional groups attached to an aromatic ring is 1. The van der Waals surface area contributed by atoms with Crippen molar-refractivity contribution in [3.8, 4) is 5.75 Å². The molecule has 0 unspecified atom stereocenters. The van der Waals surface area contributed by atoms with Crippen molar-refractivity contribution in [2.24, 2.45) is 0 Å². The third-order valence-electron chi connectivity index (χ3n) is 5.34.